The third-order valence-electron chi connectivity index (χ3n) is 2.40. The SMILES string of the molecule is NC(N)=[NH+]/N=C1/CCOc2ccc([N+](=O)[O-])cc21. The molecule has 0 bridgehead atoms. The van der Waals surface area contributed by atoms with Crippen LogP contribution in [0, 0.1) is 10.1 Å². The minimum Gasteiger partial charge on any atom is -0.492 e. The molecule has 0 aromatic heterocycles. The molecule has 1 aromatic carbocycles. The molecule has 0 spiro atoms. The van der Waals surface area contributed by atoms with Crippen LogP contribution >= 0.6 is 0 Å². The average Bonchev–Trinajstić information content (AvgIpc) is 2.35. The molecular weight excluding hydrogens is 238 g/mol. The van der Waals surface area contributed by atoms with Gasteiger partial charge in [-0.05, 0) is 6.07 Å². The van der Waals surface area contributed by atoms with E-state index in [-0.39, 0.29) is 11.6 Å². The van der Waals surface area contributed by atoms with E-state index >= 15 is 0 Å². The highest BCUT2D eigenvalue weighted by Gasteiger charge is 2.20. The number of nitrogens with zero attached hydrogens (tertiary/aromatic N) is 2. The smallest absolute Gasteiger partial charge is 0.362 e. The molecule has 1 aromatic rings. The Hall–Kier alpha value is -2.64. The summed E-state index contributed by atoms with van der Waals surface area (Å²) in [6.07, 6.45) is 0.522. The summed E-state index contributed by atoms with van der Waals surface area (Å²) in [5.41, 5.74) is 11.7. The quantitative estimate of drug-likeness (QED) is 0.253. The fourth-order valence-corrected chi connectivity index (χ4v) is 1.62. The molecule has 1 aliphatic rings. The molecule has 1 aliphatic heterocycles. The maximum atomic E-state index is 10.7. The number of nitrogens with one attached hydrogen (secondary N) is 1. The molecule has 0 atom stereocenters. The number of nitrogens with two attached hydrogens (primary N) is 2. The van der Waals surface area contributed by atoms with Crippen LogP contribution in [0.2, 0.25) is 0 Å². The number of nitro benzene ring substituents is 1. The summed E-state index contributed by atoms with van der Waals surface area (Å²) in [6, 6.07) is 4.36. The number of ether oxygens (including phenoxy) is 1. The van der Waals surface area contributed by atoms with Crippen molar-refractivity contribution in [3.63, 3.8) is 0 Å². The molecule has 1 heterocycles. The van der Waals surface area contributed by atoms with E-state index in [0.29, 0.717) is 30.1 Å². The zero-order valence-electron chi connectivity index (χ0n) is 9.42. The largest absolute Gasteiger partial charge is 0.492 e. The Balaban J connectivity index is 2.47. The van der Waals surface area contributed by atoms with Crippen molar-refractivity contribution in [3.05, 3.63) is 33.9 Å². The van der Waals surface area contributed by atoms with E-state index in [0.717, 1.165) is 0 Å². The lowest BCUT2D eigenvalue weighted by atomic mass is 10.0. The van der Waals surface area contributed by atoms with Crippen molar-refractivity contribution in [1.29, 1.82) is 0 Å². The van der Waals surface area contributed by atoms with Gasteiger partial charge in [0.25, 0.3) is 5.69 Å². The fourth-order valence-electron chi connectivity index (χ4n) is 1.62. The highest BCUT2D eigenvalue weighted by molar-refractivity contribution is 6.03. The molecule has 0 radical (unpaired) electrons. The monoisotopic (exact) mass is 250 g/mol. The number of rotatable bonds is 2. The average molecular weight is 250 g/mol. The summed E-state index contributed by atoms with van der Waals surface area (Å²) in [4.78, 5) is 10.3. The third kappa shape index (κ3) is 2.37. The fraction of sp³-hybridized carbons (Fsp3) is 0.200. The van der Waals surface area contributed by atoms with E-state index in [1.165, 1.54) is 12.1 Å². The molecule has 0 aliphatic carbocycles. The lowest BCUT2D eigenvalue weighted by Gasteiger charge is -2.17. The second-order valence-corrected chi connectivity index (χ2v) is 3.66. The predicted molar refractivity (Wildman–Crippen MR) is 64.1 cm³/mol. The second kappa shape index (κ2) is 4.70. The number of non-ortho nitro benzene ring substituents is 1. The van der Waals surface area contributed by atoms with Crippen LogP contribution in [-0.4, -0.2) is 23.2 Å². The van der Waals surface area contributed by atoms with Gasteiger partial charge in [0.05, 0.1) is 17.2 Å². The van der Waals surface area contributed by atoms with Crippen molar-refractivity contribution < 1.29 is 14.8 Å². The zero-order valence-corrected chi connectivity index (χ0v) is 9.42. The Morgan fingerprint density at radius 3 is 2.94 bits per heavy atom. The Morgan fingerprint density at radius 2 is 2.28 bits per heavy atom. The van der Waals surface area contributed by atoms with E-state index < -0.39 is 4.92 Å². The maximum Gasteiger partial charge on any atom is 0.362 e. The van der Waals surface area contributed by atoms with Gasteiger partial charge < -0.3 is 4.74 Å². The van der Waals surface area contributed by atoms with Crippen molar-refractivity contribution in [2.45, 2.75) is 6.42 Å². The Kier molecular flexibility index (Phi) is 3.09. The molecular formula is C10H12N5O3+. The molecule has 0 amide bonds. The summed E-state index contributed by atoms with van der Waals surface area (Å²) >= 11 is 0. The van der Waals surface area contributed by atoms with Gasteiger partial charge in [-0.3, -0.25) is 21.6 Å². The Bertz CT molecular complexity index is 548. The standard InChI is InChI=1S/C10H11N5O3/c11-10(12)14-13-8-3-4-18-9-2-1-6(15(16)17)5-7(8)9/h1-2,5H,3-4H2,(H4,11,12,14)/p+1/b13-8-. The summed E-state index contributed by atoms with van der Waals surface area (Å²) < 4.78 is 5.39. The van der Waals surface area contributed by atoms with Gasteiger partial charge in [-0.25, -0.2) is 0 Å². The lowest BCUT2D eigenvalue weighted by Crippen LogP contribution is -2.73. The maximum absolute atomic E-state index is 10.7. The molecule has 5 N–H and O–H groups in total. The molecule has 0 saturated heterocycles. The minimum absolute atomic E-state index is 0.0170. The van der Waals surface area contributed by atoms with Gasteiger partial charge in [0, 0.05) is 24.1 Å². The summed E-state index contributed by atoms with van der Waals surface area (Å²) in [7, 11) is 0. The van der Waals surface area contributed by atoms with Crippen molar-refractivity contribution in [3.8, 4) is 5.75 Å². The normalized spacial score (nSPS) is 15.7. The zero-order chi connectivity index (χ0) is 13.1. The number of hydrazone groups is 1. The van der Waals surface area contributed by atoms with Gasteiger partial charge in [-0.15, -0.1) is 5.10 Å². The summed E-state index contributed by atoms with van der Waals surface area (Å²) in [5, 5.41) is 17.2. The highest BCUT2D eigenvalue weighted by Crippen LogP contribution is 2.28. The van der Waals surface area contributed by atoms with Crippen molar-refractivity contribution in [2.24, 2.45) is 16.6 Å². The number of hydrogen-bond donors (Lipinski definition) is 3. The number of benzene rings is 1. The van der Waals surface area contributed by atoms with Gasteiger partial charge in [0.1, 0.15) is 5.75 Å². The molecule has 0 fully saturated rings. The van der Waals surface area contributed by atoms with Crippen molar-refractivity contribution >= 4 is 17.4 Å². The van der Waals surface area contributed by atoms with E-state index in [4.69, 9.17) is 16.2 Å². The number of hydrogen-bond acceptors (Lipinski definition) is 4. The van der Waals surface area contributed by atoms with Crippen LogP contribution in [0.15, 0.2) is 23.3 Å². The number of guanidine groups is 1. The highest BCUT2D eigenvalue weighted by atomic mass is 16.6. The topological polar surface area (TPSA) is 131 Å². The summed E-state index contributed by atoms with van der Waals surface area (Å²) in [5.74, 6) is 0.518. The van der Waals surface area contributed by atoms with Gasteiger partial charge in [0.2, 0.25) is 0 Å². The van der Waals surface area contributed by atoms with E-state index in [2.05, 4.69) is 10.2 Å². The number of nitro groups is 1. The van der Waals surface area contributed by atoms with Crippen LogP contribution in [0.1, 0.15) is 12.0 Å². The summed E-state index contributed by atoms with van der Waals surface area (Å²) in [6.45, 7) is 0.454. The Labute approximate surface area is 102 Å². The van der Waals surface area contributed by atoms with E-state index in [1.807, 2.05) is 0 Å². The van der Waals surface area contributed by atoms with Crippen LogP contribution in [0.4, 0.5) is 5.69 Å². The van der Waals surface area contributed by atoms with Crippen molar-refractivity contribution in [2.75, 3.05) is 6.61 Å². The molecule has 94 valence electrons. The second-order valence-electron chi connectivity index (χ2n) is 3.66. The first-order chi connectivity index (χ1) is 8.58. The van der Waals surface area contributed by atoms with Gasteiger partial charge >= 0.3 is 5.96 Å². The minimum atomic E-state index is -0.469. The van der Waals surface area contributed by atoms with Crippen LogP contribution in [-0.2, 0) is 0 Å². The van der Waals surface area contributed by atoms with Gasteiger partial charge in [-0.2, -0.15) is 5.10 Å². The molecule has 8 heteroatoms. The van der Waals surface area contributed by atoms with Crippen molar-refractivity contribution in [1.82, 2.24) is 0 Å². The first kappa shape index (κ1) is 11.8. The third-order valence-corrected chi connectivity index (χ3v) is 2.40. The first-order valence-corrected chi connectivity index (χ1v) is 5.20. The number of fused-ring (bicyclic) bond motifs is 1. The molecule has 18 heavy (non-hydrogen) atoms. The Morgan fingerprint density at radius 1 is 1.50 bits per heavy atom. The van der Waals surface area contributed by atoms with Gasteiger partial charge in [-0.1, -0.05) is 0 Å². The lowest BCUT2D eigenvalue weighted by molar-refractivity contribution is -0.464. The van der Waals surface area contributed by atoms with Crippen LogP contribution in [0.3, 0.4) is 0 Å². The van der Waals surface area contributed by atoms with E-state index in [9.17, 15) is 10.1 Å². The molecule has 2 rings (SSSR count). The predicted octanol–water partition coefficient (Wildman–Crippen LogP) is -1.56. The molecule has 0 unspecified atom stereocenters. The molecule has 8 nitrogen and oxygen atoms in total. The van der Waals surface area contributed by atoms with Crippen LogP contribution in [0.5, 0.6) is 5.75 Å². The van der Waals surface area contributed by atoms with Gasteiger partial charge in [0.15, 0.2) is 0 Å². The van der Waals surface area contributed by atoms with Crippen LogP contribution < -0.4 is 21.3 Å². The van der Waals surface area contributed by atoms with E-state index in [1.54, 1.807) is 6.07 Å². The first-order valence-electron chi connectivity index (χ1n) is 5.20. The van der Waals surface area contributed by atoms with Crippen LogP contribution in [0.25, 0.3) is 0 Å². The molecule has 0 saturated carbocycles.